The molecule has 1 saturated heterocycles. The Morgan fingerprint density at radius 3 is 2.14 bits per heavy atom. The van der Waals surface area contributed by atoms with E-state index in [1.165, 1.54) is 5.56 Å². The van der Waals surface area contributed by atoms with Crippen molar-refractivity contribution in [1.29, 1.82) is 0 Å². The van der Waals surface area contributed by atoms with E-state index in [2.05, 4.69) is 0 Å². The smallest absolute Gasteiger partial charge is 0.229 e. The molecule has 1 N–H and O–H groups in total. The van der Waals surface area contributed by atoms with E-state index in [-0.39, 0.29) is 12.3 Å². The average Bonchev–Trinajstić information content (AvgIpc) is 2.81. The van der Waals surface area contributed by atoms with Crippen LogP contribution in [0.15, 0.2) is 48.5 Å². The third-order valence-corrected chi connectivity index (χ3v) is 3.51. The van der Waals surface area contributed by atoms with Crippen LogP contribution in [0.2, 0.25) is 0 Å². The largest absolute Gasteiger partial charge is 0.457 e. The van der Waals surface area contributed by atoms with Gasteiger partial charge in [0.1, 0.15) is 11.5 Å². The Balaban J connectivity index is 1.72. The number of nitrogens with zero attached hydrogens (tertiary/aromatic N) is 1. The second kappa shape index (κ2) is 5.58. The highest BCUT2D eigenvalue weighted by Crippen LogP contribution is 2.27. The van der Waals surface area contributed by atoms with Gasteiger partial charge in [-0.05, 0) is 43.3 Å². The maximum atomic E-state index is 11.7. The summed E-state index contributed by atoms with van der Waals surface area (Å²) in [5, 5.41) is 9.52. The van der Waals surface area contributed by atoms with Gasteiger partial charge in [-0.3, -0.25) is 4.79 Å². The van der Waals surface area contributed by atoms with E-state index in [1.807, 2.05) is 55.5 Å². The van der Waals surface area contributed by atoms with Crippen LogP contribution in [0.3, 0.4) is 0 Å². The quantitative estimate of drug-likeness (QED) is 0.942. The number of aliphatic hydroxyl groups is 1. The van der Waals surface area contributed by atoms with Crippen molar-refractivity contribution < 1.29 is 14.6 Å². The lowest BCUT2D eigenvalue weighted by atomic mass is 10.2. The standard InChI is InChI=1S/C17H17NO3/c1-12-2-6-15(7-3-12)21-16-8-4-13(5-9-16)18-11-14(19)10-17(18)20/h2-9,14,19H,10-11H2,1H3. The molecule has 1 amide bonds. The Labute approximate surface area is 123 Å². The van der Waals surface area contributed by atoms with Crippen molar-refractivity contribution >= 4 is 11.6 Å². The third-order valence-electron chi connectivity index (χ3n) is 3.51. The molecule has 108 valence electrons. The molecule has 1 aliphatic heterocycles. The van der Waals surface area contributed by atoms with Crippen molar-refractivity contribution in [3.63, 3.8) is 0 Å². The topological polar surface area (TPSA) is 49.8 Å². The van der Waals surface area contributed by atoms with Crippen molar-refractivity contribution in [2.24, 2.45) is 0 Å². The van der Waals surface area contributed by atoms with Gasteiger partial charge in [-0.1, -0.05) is 17.7 Å². The molecule has 0 aromatic heterocycles. The van der Waals surface area contributed by atoms with Gasteiger partial charge < -0.3 is 14.7 Å². The van der Waals surface area contributed by atoms with Crippen LogP contribution in [-0.2, 0) is 4.79 Å². The van der Waals surface area contributed by atoms with Gasteiger partial charge in [0.25, 0.3) is 0 Å². The van der Waals surface area contributed by atoms with E-state index >= 15 is 0 Å². The fourth-order valence-electron chi connectivity index (χ4n) is 2.37. The lowest BCUT2D eigenvalue weighted by Gasteiger charge is -2.16. The molecule has 0 spiro atoms. The van der Waals surface area contributed by atoms with E-state index in [9.17, 15) is 9.90 Å². The summed E-state index contributed by atoms with van der Waals surface area (Å²) < 4.78 is 5.75. The molecule has 3 rings (SSSR count). The van der Waals surface area contributed by atoms with Crippen LogP contribution in [0.4, 0.5) is 5.69 Å². The Kier molecular flexibility index (Phi) is 3.62. The van der Waals surface area contributed by atoms with Gasteiger partial charge in [0, 0.05) is 5.69 Å². The highest BCUT2D eigenvalue weighted by molar-refractivity contribution is 5.96. The first-order valence-electron chi connectivity index (χ1n) is 6.95. The van der Waals surface area contributed by atoms with Gasteiger partial charge in [-0.25, -0.2) is 0 Å². The fraction of sp³-hybridized carbons (Fsp3) is 0.235. The lowest BCUT2D eigenvalue weighted by Crippen LogP contribution is -2.24. The van der Waals surface area contributed by atoms with Gasteiger partial charge in [0.05, 0.1) is 19.1 Å². The predicted octanol–water partition coefficient (Wildman–Crippen LogP) is 2.88. The van der Waals surface area contributed by atoms with Gasteiger partial charge in [0.2, 0.25) is 5.91 Å². The van der Waals surface area contributed by atoms with E-state index in [4.69, 9.17) is 4.74 Å². The molecular weight excluding hydrogens is 266 g/mol. The van der Waals surface area contributed by atoms with Gasteiger partial charge >= 0.3 is 0 Å². The number of rotatable bonds is 3. The molecule has 1 unspecified atom stereocenters. The highest BCUT2D eigenvalue weighted by atomic mass is 16.5. The van der Waals surface area contributed by atoms with Gasteiger partial charge in [-0.2, -0.15) is 0 Å². The number of β-amino-alcohol motifs (C(OH)–C–C–N with tert-alkyl or cyclic N) is 1. The molecule has 1 aliphatic rings. The second-order valence-electron chi connectivity index (χ2n) is 5.27. The summed E-state index contributed by atoms with van der Waals surface area (Å²) in [4.78, 5) is 13.3. The number of ether oxygens (including phenoxy) is 1. The molecule has 0 bridgehead atoms. The summed E-state index contributed by atoms with van der Waals surface area (Å²) in [6.45, 7) is 2.39. The molecular formula is C17H17NO3. The minimum atomic E-state index is -0.569. The summed E-state index contributed by atoms with van der Waals surface area (Å²) in [6, 6.07) is 15.1. The maximum Gasteiger partial charge on any atom is 0.229 e. The van der Waals surface area contributed by atoms with Crippen molar-refractivity contribution in [2.45, 2.75) is 19.4 Å². The number of aliphatic hydroxyl groups excluding tert-OH is 1. The number of carbonyl (C=O) groups excluding carboxylic acids is 1. The Morgan fingerprint density at radius 1 is 1.05 bits per heavy atom. The molecule has 0 aliphatic carbocycles. The predicted molar refractivity (Wildman–Crippen MR) is 80.7 cm³/mol. The van der Waals surface area contributed by atoms with Crippen LogP contribution in [0.5, 0.6) is 11.5 Å². The maximum absolute atomic E-state index is 11.7. The first-order chi connectivity index (χ1) is 10.1. The summed E-state index contributed by atoms with van der Waals surface area (Å²) >= 11 is 0. The first-order valence-corrected chi connectivity index (χ1v) is 6.95. The molecule has 2 aromatic carbocycles. The van der Waals surface area contributed by atoms with Crippen LogP contribution < -0.4 is 9.64 Å². The summed E-state index contributed by atoms with van der Waals surface area (Å²) in [5.41, 5.74) is 1.97. The number of anilines is 1. The Bertz CT molecular complexity index is 634. The minimum Gasteiger partial charge on any atom is -0.457 e. The van der Waals surface area contributed by atoms with Crippen LogP contribution in [-0.4, -0.2) is 23.7 Å². The molecule has 4 nitrogen and oxygen atoms in total. The van der Waals surface area contributed by atoms with E-state index in [0.29, 0.717) is 6.54 Å². The van der Waals surface area contributed by atoms with Crippen LogP contribution in [0, 0.1) is 6.92 Å². The summed E-state index contributed by atoms with van der Waals surface area (Å²) in [7, 11) is 0. The SMILES string of the molecule is Cc1ccc(Oc2ccc(N3CC(O)CC3=O)cc2)cc1. The summed E-state index contributed by atoms with van der Waals surface area (Å²) in [6.07, 6.45) is -0.372. The monoisotopic (exact) mass is 283 g/mol. The molecule has 0 saturated carbocycles. The zero-order valence-electron chi connectivity index (χ0n) is 11.8. The van der Waals surface area contributed by atoms with Crippen LogP contribution >= 0.6 is 0 Å². The third kappa shape index (κ3) is 3.06. The molecule has 2 aromatic rings. The molecule has 1 fully saturated rings. The van der Waals surface area contributed by atoms with Gasteiger partial charge in [0.15, 0.2) is 0 Å². The average molecular weight is 283 g/mol. The second-order valence-corrected chi connectivity index (χ2v) is 5.27. The molecule has 0 radical (unpaired) electrons. The van der Waals surface area contributed by atoms with E-state index in [0.717, 1.165) is 17.2 Å². The number of hydrogen-bond donors (Lipinski definition) is 1. The van der Waals surface area contributed by atoms with E-state index in [1.54, 1.807) is 4.90 Å². The van der Waals surface area contributed by atoms with E-state index < -0.39 is 6.10 Å². The Hall–Kier alpha value is -2.33. The minimum absolute atomic E-state index is 0.0466. The molecule has 1 heterocycles. The summed E-state index contributed by atoms with van der Waals surface area (Å²) in [5.74, 6) is 1.45. The number of benzene rings is 2. The van der Waals surface area contributed by atoms with Crippen LogP contribution in [0.25, 0.3) is 0 Å². The van der Waals surface area contributed by atoms with Crippen molar-refractivity contribution in [2.75, 3.05) is 11.4 Å². The zero-order chi connectivity index (χ0) is 14.8. The lowest BCUT2D eigenvalue weighted by molar-refractivity contribution is -0.117. The number of carbonyl (C=O) groups is 1. The number of hydrogen-bond acceptors (Lipinski definition) is 3. The molecule has 4 heteroatoms. The number of aryl methyl sites for hydroxylation is 1. The fourth-order valence-corrected chi connectivity index (χ4v) is 2.37. The van der Waals surface area contributed by atoms with Crippen LogP contribution in [0.1, 0.15) is 12.0 Å². The normalized spacial score (nSPS) is 18.1. The molecule has 21 heavy (non-hydrogen) atoms. The molecule has 1 atom stereocenters. The highest BCUT2D eigenvalue weighted by Gasteiger charge is 2.28. The zero-order valence-corrected chi connectivity index (χ0v) is 11.8. The van der Waals surface area contributed by atoms with Crippen molar-refractivity contribution in [3.05, 3.63) is 54.1 Å². The Morgan fingerprint density at radius 2 is 1.62 bits per heavy atom. The number of amides is 1. The van der Waals surface area contributed by atoms with Gasteiger partial charge in [-0.15, -0.1) is 0 Å². The van der Waals surface area contributed by atoms with Crippen molar-refractivity contribution in [1.82, 2.24) is 0 Å². The first kappa shape index (κ1) is 13.6. The van der Waals surface area contributed by atoms with Crippen molar-refractivity contribution in [3.8, 4) is 11.5 Å².